The molecule has 0 bridgehead atoms. The van der Waals surface area contributed by atoms with Crippen LogP contribution in [0.1, 0.15) is 26.3 Å². The summed E-state index contributed by atoms with van der Waals surface area (Å²) in [6.07, 6.45) is 0. The normalized spacial score (nSPS) is 10.2. The van der Waals surface area contributed by atoms with Crippen molar-refractivity contribution in [3.63, 3.8) is 0 Å². The molecule has 2 N–H and O–H groups in total. The van der Waals surface area contributed by atoms with Crippen molar-refractivity contribution in [3.8, 4) is 0 Å². The highest BCUT2D eigenvalue weighted by Gasteiger charge is 2.10. The van der Waals surface area contributed by atoms with E-state index in [1.54, 1.807) is 54.6 Å². The molecule has 4 nitrogen and oxygen atoms in total. The van der Waals surface area contributed by atoms with Gasteiger partial charge in [-0.1, -0.05) is 47.5 Å². The Balaban J connectivity index is 1.70. The van der Waals surface area contributed by atoms with E-state index in [0.29, 0.717) is 27.5 Å². The van der Waals surface area contributed by atoms with E-state index in [2.05, 4.69) is 10.6 Å². The molecule has 3 rings (SSSR count). The van der Waals surface area contributed by atoms with Gasteiger partial charge in [0.2, 0.25) is 0 Å². The molecule has 0 aliphatic carbocycles. The Hall–Kier alpha value is -3.11. The van der Waals surface area contributed by atoms with E-state index in [-0.39, 0.29) is 11.8 Å². The van der Waals surface area contributed by atoms with Gasteiger partial charge in [0.1, 0.15) is 0 Å². The van der Waals surface area contributed by atoms with E-state index in [9.17, 15) is 9.59 Å². The lowest BCUT2D eigenvalue weighted by Gasteiger charge is -2.10. The van der Waals surface area contributed by atoms with Gasteiger partial charge in [0.05, 0.1) is 10.7 Å². The molecule has 2 amide bonds. The second kappa shape index (κ2) is 7.85. The van der Waals surface area contributed by atoms with Gasteiger partial charge in [-0.15, -0.1) is 0 Å². The summed E-state index contributed by atoms with van der Waals surface area (Å²) in [5, 5.41) is 5.90. The second-order valence-corrected chi connectivity index (χ2v) is 6.24. The minimum Gasteiger partial charge on any atom is -0.322 e. The Bertz CT molecular complexity index is 938. The van der Waals surface area contributed by atoms with Gasteiger partial charge in [-0.05, 0) is 49.4 Å². The van der Waals surface area contributed by atoms with Gasteiger partial charge in [0, 0.05) is 16.8 Å². The van der Waals surface area contributed by atoms with Crippen LogP contribution in [0, 0.1) is 6.92 Å². The van der Waals surface area contributed by atoms with Crippen LogP contribution in [0.25, 0.3) is 0 Å². The number of aryl methyl sites for hydroxylation is 1. The number of halogens is 1. The van der Waals surface area contributed by atoms with Crippen molar-refractivity contribution in [2.24, 2.45) is 0 Å². The summed E-state index contributed by atoms with van der Waals surface area (Å²) in [6.45, 7) is 1.96. The Morgan fingerprint density at radius 3 is 2.04 bits per heavy atom. The fraction of sp³-hybridized carbons (Fsp3) is 0.0476. The smallest absolute Gasteiger partial charge is 0.255 e. The Labute approximate surface area is 156 Å². The fourth-order valence-electron chi connectivity index (χ4n) is 2.39. The number of carbonyl (C=O) groups is 2. The Morgan fingerprint density at radius 2 is 1.38 bits per heavy atom. The molecule has 0 spiro atoms. The first kappa shape index (κ1) is 17.7. The zero-order valence-electron chi connectivity index (χ0n) is 14.1. The van der Waals surface area contributed by atoms with Crippen molar-refractivity contribution in [1.82, 2.24) is 0 Å². The summed E-state index contributed by atoms with van der Waals surface area (Å²) in [6, 6.07) is 21.1. The molecule has 0 heterocycles. The molecule has 130 valence electrons. The van der Waals surface area contributed by atoms with Crippen molar-refractivity contribution in [2.45, 2.75) is 6.92 Å². The third-order valence-electron chi connectivity index (χ3n) is 3.82. The minimum absolute atomic E-state index is 0.220. The highest BCUT2D eigenvalue weighted by molar-refractivity contribution is 6.34. The SMILES string of the molecule is Cc1ccc(C(=O)Nc2ccc(NC(=O)c3ccccc3)c(Cl)c2)cc1. The topological polar surface area (TPSA) is 58.2 Å². The molecule has 3 aromatic carbocycles. The third-order valence-corrected chi connectivity index (χ3v) is 4.14. The maximum Gasteiger partial charge on any atom is 0.255 e. The number of hydrogen-bond acceptors (Lipinski definition) is 2. The monoisotopic (exact) mass is 364 g/mol. The van der Waals surface area contributed by atoms with Crippen LogP contribution in [0.4, 0.5) is 11.4 Å². The zero-order valence-corrected chi connectivity index (χ0v) is 14.9. The van der Waals surface area contributed by atoms with Crippen LogP contribution >= 0.6 is 11.6 Å². The zero-order chi connectivity index (χ0) is 18.5. The number of benzene rings is 3. The summed E-state index contributed by atoms with van der Waals surface area (Å²) >= 11 is 6.25. The van der Waals surface area contributed by atoms with E-state index < -0.39 is 0 Å². The molecule has 0 aliphatic rings. The van der Waals surface area contributed by atoms with Gasteiger partial charge in [-0.3, -0.25) is 9.59 Å². The van der Waals surface area contributed by atoms with Gasteiger partial charge in [-0.25, -0.2) is 0 Å². The number of nitrogens with one attached hydrogen (secondary N) is 2. The highest BCUT2D eigenvalue weighted by atomic mass is 35.5. The molecular formula is C21H17ClN2O2. The van der Waals surface area contributed by atoms with Crippen LogP contribution in [0.15, 0.2) is 72.8 Å². The van der Waals surface area contributed by atoms with E-state index >= 15 is 0 Å². The first-order valence-corrected chi connectivity index (χ1v) is 8.45. The molecule has 0 radical (unpaired) electrons. The summed E-state index contributed by atoms with van der Waals surface area (Å²) in [5.74, 6) is -0.467. The lowest BCUT2D eigenvalue weighted by atomic mass is 10.1. The summed E-state index contributed by atoms with van der Waals surface area (Å²) in [4.78, 5) is 24.5. The van der Waals surface area contributed by atoms with Gasteiger partial charge in [-0.2, -0.15) is 0 Å². The molecule has 26 heavy (non-hydrogen) atoms. The van der Waals surface area contributed by atoms with Crippen molar-refractivity contribution >= 4 is 34.8 Å². The average Bonchev–Trinajstić information content (AvgIpc) is 2.65. The van der Waals surface area contributed by atoms with Crippen LogP contribution in [0.3, 0.4) is 0 Å². The number of hydrogen-bond donors (Lipinski definition) is 2. The van der Waals surface area contributed by atoms with E-state index in [0.717, 1.165) is 5.56 Å². The molecule has 0 atom stereocenters. The van der Waals surface area contributed by atoms with E-state index in [1.807, 2.05) is 25.1 Å². The maximum absolute atomic E-state index is 12.3. The van der Waals surface area contributed by atoms with Crippen LogP contribution in [0.5, 0.6) is 0 Å². The van der Waals surface area contributed by atoms with Crippen LogP contribution in [-0.2, 0) is 0 Å². The van der Waals surface area contributed by atoms with Crippen molar-refractivity contribution in [3.05, 3.63) is 94.5 Å². The molecular weight excluding hydrogens is 348 g/mol. The Morgan fingerprint density at radius 1 is 0.769 bits per heavy atom. The van der Waals surface area contributed by atoms with E-state index in [4.69, 9.17) is 11.6 Å². The molecule has 0 saturated carbocycles. The second-order valence-electron chi connectivity index (χ2n) is 5.83. The van der Waals surface area contributed by atoms with Crippen molar-refractivity contribution in [2.75, 3.05) is 10.6 Å². The summed E-state index contributed by atoms with van der Waals surface area (Å²) < 4.78 is 0. The number of anilines is 2. The number of carbonyl (C=O) groups excluding carboxylic acids is 2. The molecule has 0 aliphatic heterocycles. The molecule has 0 saturated heterocycles. The standard InChI is InChI=1S/C21H17ClN2O2/c1-14-7-9-16(10-8-14)20(25)23-17-11-12-19(18(22)13-17)24-21(26)15-5-3-2-4-6-15/h2-13H,1H3,(H,23,25)(H,24,26). The van der Waals surface area contributed by atoms with Crippen LogP contribution < -0.4 is 10.6 Å². The average molecular weight is 365 g/mol. The fourth-order valence-corrected chi connectivity index (χ4v) is 2.61. The number of amides is 2. The van der Waals surface area contributed by atoms with Crippen molar-refractivity contribution in [1.29, 1.82) is 0 Å². The third kappa shape index (κ3) is 4.29. The van der Waals surface area contributed by atoms with Gasteiger partial charge in [0.25, 0.3) is 11.8 Å². The molecule has 0 aromatic heterocycles. The van der Waals surface area contributed by atoms with Gasteiger partial charge >= 0.3 is 0 Å². The predicted molar refractivity (Wildman–Crippen MR) is 105 cm³/mol. The Kier molecular flexibility index (Phi) is 5.34. The molecule has 0 fully saturated rings. The van der Waals surface area contributed by atoms with E-state index in [1.165, 1.54) is 0 Å². The lowest BCUT2D eigenvalue weighted by Crippen LogP contribution is -2.13. The minimum atomic E-state index is -0.246. The van der Waals surface area contributed by atoms with Crippen LogP contribution in [0.2, 0.25) is 5.02 Å². The van der Waals surface area contributed by atoms with Gasteiger partial charge < -0.3 is 10.6 Å². The van der Waals surface area contributed by atoms with Crippen molar-refractivity contribution < 1.29 is 9.59 Å². The summed E-state index contributed by atoms with van der Waals surface area (Å²) in [5.41, 5.74) is 3.23. The quantitative estimate of drug-likeness (QED) is 0.672. The molecule has 5 heteroatoms. The first-order valence-electron chi connectivity index (χ1n) is 8.07. The predicted octanol–water partition coefficient (Wildman–Crippen LogP) is 5.15. The highest BCUT2D eigenvalue weighted by Crippen LogP contribution is 2.26. The molecule has 3 aromatic rings. The summed E-state index contributed by atoms with van der Waals surface area (Å²) in [7, 11) is 0. The first-order chi connectivity index (χ1) is 12.5. The maximum atomic E-state index is 12.3. The van der Waals surface area contributed by atoms with Crippen LogP contribution in [-0.4, -0.2) is 11.8 Å². The van der Waals surface area contributed by atoms with Gasteiger partial charge in [0.15, 0.2) is 0 Å². The largest absolute Gasteiger partial charge is 0.322 e. The number of rotatable bonds is 4. The lowest BCUT2D eigenvalue weighted by molar-refractivity contribution is 0.101. The molecule has 0 unspecified atom stereocenters.